The lowest BCUT2D eigenvalue weighted by atomic mass is 10.1. The Morgan fingerprint density at radius 3 is 2.39 bits per heavy atom. The van der Waals surface area contributed by atoms with E-state index < -0.39 is 11.7 Å². The van der Waals surface area contributed by atoms with Gasteiger partial charge < -0.3 is 10.2 Å². The predicted octanol–water partition coefficient (Wildman–Crippen LogP) is 3.35. The monoisotopic (exact) mass is 323 g/mol. The maximum absolute atomic E-state index is 12.5. The number of nitrogens with zero attached hydrogens (tertiary/aromatic N) is 2. The molecule has 1 N–H and O–H groups in total. The summed E-state index contributed by atoms with van der Waals surface area (Å²) in [4.78, 5) is 18.0. The number of hydrogen-bond donors (Lipinski definition) is 1. The lowest BCUT2D eigenvalue weighted by Crippen LogP contribution is -2.19. The number of aromatic nitrogens is 1. The molecule has 23 heavy (non-hydrogen) atoms. The first kappa shape index (κ1) is 16.8. The van der Waals surface area contributed by atoms with Crippen molar-refractivity contribution in [1.82, 2.24) is 4.98 Å². The highest BCUT2D eigenvalue weighted by Crippen LogP contribution is 2.29. The molecule has 1 heterocycles. The Morgan fingerprint density at radius 1 is 1.17 bits per heavy atom. The van der Waals surface area contributed by atoms with Crippen LogP contribution in [0.5, 0.6) is 0 Å². The van der Waals surface area contributed by atoms with Crippen molar-refractivity contribution in [3.63, 3.8) is 0 Å². The Balaban J connectivity index is 2.06. The third kappa shape index (κ3) is 4.45. The molecule has 7 heteroatoms. The zero-order valence-electron chi connectivity index (χ0n) is 12.7. The van der Waals surface area contributed by atoms with Gasteiger partial charge in [-0.15, -0.1) is 0 Å². The number of benzene rings is 1. The molecule has 0 spiro atoms. The number of nitrogens with one attached hydrogen (secondary N) is 1. The summed E-state index contributed by atoms with van der Waals surface area (Å²) in [5.41, 5.74) is 0.323. The second-order valence-electron chi connectivity index (χ2n) is 5.19. The first-order valence-electron chi connectivity index (χ1n) is 6.85. The van der Waals surface area contributed by atoms with Gasteiger partial charge in [-0.2, -0.15) is 13.2 Å². The summed E-state index contributed by atoms with van der Waals surface area (Å²) < 4.78 is 37.5. The summed E-state index contributed by atoms with van der Waals surface area (Å²) in [6.45, 7) is 0. The van der Waals surface area contributed by atoms with Gasteiger partial charge in [-0.3, -0.25) is 4.79 Å². The molecule has 0 aliphatic heterocycles. The number of anilines is 2. The van der Waals surface area contributed by atoms with E-state index in [2.05, 4.69) is 10.3 Å². The molecule has 1 aromatic carbocycles. The molecule has 2 rings (SSSR count). The Bertz CT molecular complexity index is 682. The number of halogens is 3. The minimum absolute atomic E-state index is 0.0140. The van der Waals surface area contributed by atoms with Gasteiger partial charge in [0, 0.05) is 20.3 Å². The highest BCUT2D eigenvalue weighted by atomic mass is 19.4. The van der Waals surface area contributed by atoms with Gasteiger partial charge >= 0.3 is 6.18 Å². The van der Waals surface area contributed by atoms with Crippen LogP contribution in [0.15, 0.2) is 42.6 Å². The molecule has 4 nitrogen and oxygen atoms in total. The van der Waals surface area contributed by atoms with E-state index in [0.717, 1.165) is 12.1 Å². The molecule has 0 unspecified atom stereocenters. The van der Waals surface area contributed by atoms with Crippen LogP contribution in [0.2, 0.25) is 0 Å². The average molecular weight is 323 g/mol. The molecular weight excluding hydrogens is 307 g/mol. The fourth-order valence-electron chi connectivity index (χ4n) is 2.04. The molecule has 0 bridgehead atoms. The number of carbonyl (C=O) groups is 1. The number of carbonyl (C=O) groups excluding carboxylic acids is 1. The van der Waals surface area contributed by atoms with Crippen LogP contribution >= 0.6 is 0 Å². The van der Waals surface area contributed by atoms with Crippen LogP contribution in [-0.4, -0.2) is 25.0 Å². The first-order chi connectivity index (χ1) is 10.8. The molecule has 0 aliphatic rings. The minimum atomic E-state index is -4.38. The Morgan fingerprint density at radius 2 is 1.83 bits per heavy atom. The van der Waals surface area contributed by atoms with Crippen LogP contribution in [-0.2, 0) is 17.4 Å². The quantitative estimate of drug-likeness (QED) is 0.938. The second-order valence-corrected chi connectivity index (χ2v) is 5.19. The highest BCUT2D eigenvalue weighted by Gasteiger charge is 2.29. The third-order valence-corrected chi connectivity index (χ3v) is 3.13. The van der Waals surface area contributed by atoms with Gasteiger partial charge in [0.1, 0.15) is 0 Å². The van der Waals surface area contributed by atoms with Crippen molar-refractivity contribution in [2.24, 2.45) is 0 Å². The van der Waals surface area contributed by atoms with Crippen molar-refractivity contribution in [3.8, 4) is 0 Å². The van der Waals surface area contributed by atoms with Gasteiger partial charge in [0.25, 0.3) is 0 Å². The zero-order chi connectivity index (χ0) is 17.0. The van der Waals surface area contributed by atoms with E-state index in [1.54, 1.807) is 37.3 Å². The Labute approximate surface area is 132 Å². The van der Waals surface area contributed by atoms with Gasteiger partial charge in [0.05, 0.1) is 17.7 Å². The predicted molar refractivity (Wildman–Crippen MR) is 82.3 cm³/mol. The van der Waals surface area contributed by atoms with E-state index in [1.807, 2.05) is 0 Å². The second kappa shape index (κ2) is 6.68. The number of alkyl halides is 3. The first-order valence-corrected chi connectivity index (χ1v) is 6.85. The van der Waals surface area contributed by atoms with Crippen molar-refractivity contribution < 1.29 is 18.0 Å². The van der Waals surface area contributed by atoms with Crippen molar-refractivity contribution in [2.75, 3.05) is 24.3 Å². The topological polar surface area (TPSA) is 45.2 Å². The summed E-state index contributed by atoms with van der Waals surface area (Å²) in [5.74, 6) is 0.286. The lowest BCUT2D eigenvalue weighted by Gasteiger charge is -2.16. The van der Waals surface area contributed by atoms with Crippen LogP contribution in [0, 0.1) is 0 Å². The minimum Gasteiger partial charge on any atom is -0.361 e. The van der Waals surface area contributed by atoms with Gasteiger partial charge in [0.15, 0.2) is 5.82 Å². The Hall–Kier alpha value is -2.57. The summed E-state index contributed by atoms with van der Waals surface area (Å²) in [7, 11) is 3.60. The van der Waals surface area contributed by atoms with E-state index in [-0.39, 0.29) is 12.3 Å². The summed E-state index contributed by atoms with van der Waals surface area (Å²) in [5, 5.41) is 2.72. The highest BCUT2D eigenvalue weighted by molar-refractivity contribution is 5.94. The van der Waals surface area contributed by atoms with Crippen LogP contribution in [0.1, 0.15) is 11.1 Å². The molecule has 122 valence electrons. The maximum Gasteiger partial charge on any atom is 0.416 e. The molecule has 0 atom stereocenters. The number of hydrogen-bond acceptors (Lipinski definition) is 3. The van der Waals surface area contributed by atoms with E-state index in [1.165, 1.54) is 12.1 Å². The molecule has 1 amide bonds. The molecule has 0 saturated heterocycles. The molecular formula is C16H16F3N3O. The van der Waals surface area contributed by atoms with E-state index in [4.69, 9.17) is 0 Å². The van der Waals surface area contributed by atoms with Crippen molar-refractivity contribution in [3.05, 3.63) is 53.7 Å². The average Bonchev–Trinajstić information content (AvgIpc) is 2.47. The Kier molecular flexibility index (Phi) is 4.88. The number of amides is 1. The molecule has 2 aromatic rings. The van der Waals surface area contributed by atoms with Crippen LogP contribution in [0.4, 0.5) is 24.7 Å². The number of rotatable bonds is 4. The molecule has 0 saturated carbocycles. The van der Waals surface area contributed by atoms with Crippen LogP contribution in [0.3, 0.4) is 0 Å². The molecule has 0 aliphatic carbocycles. The standard InChI is InChI=1S/C16H16F3N3O/c1-22(2)15-13(4-3-9-20-15)21-14(23)10-11-5-7-12(8-6-11)16(17,18)19/h3-9H,10H2,1-2H3,(H,21,23). The van der Waals surface area contributed by atoms with E-state index in [9.17, 15) is 18.0 Å². The summed E-state index contributed by atoms with van der Waals surface area (Å²) in [6.07, 6.45) is -2.78. The van der Waals surface area contributed by atoms with Crippen molar-refractivity contribution in [2.45, 2.75) is 12.6 Å². The molecule has 1 aromatic heterocycles. The van der Waals surface area contributed by atoms with Gasteiger partial charge in [-0.1, -0.05) is 12.1 Å². The summed E-state index contributed by atoms with van der Waals surface area (Å²) >= 11 is 0. The van der Waals surface area contributed by atoms with E-state index >= 15 is 0 Å². The zero-order valence-corrected chi connectivity index (χ0v) is 12.7. The third-order valence-electron chi connectivity index (χ3n) is 3.13. The molecule has 0 fully saturated rings. The summed E-state index contributed by atoms with van der Waals surface area (Å²) in [6, 6.07) is 7.96. The van der Waals surface area contributed by atoms with Crippen molar-refractivity contribution in [1.29, 1.82) is 0 Å². The van der Waals surface area contributed by atoms with Gasteiger partial charge in [-0.05, 0) is 29.8 Å². The molecule has 0 radical (unpaired) electrons. The maximum atomic E-state index is 12.5. The number of pyridine rings is 1. The fourth-order valence-corrected chi connectivity index (χ4v) is 2.04. The normalized spacial score (nSPS) is 11.2. The van der Waals surface area contributed by atoms with Gasteiger partial charge in [-0.25, -0.2) is 4.98 Å². The largest absolute Gasteiger partial charge is 0.416 e. The van der Waals surface area contributed by atoms with Crippen LogP contribution < -0.4 is 10.2 Å². The van der Waals surface area contributed by atoms with Crippen LogP contribution in [0.25, 0.3) is 0 Å². The van der Waals surface area contributed by atoms with Crippen molar-refractivity contribution >= 4 is 17.4 Å². The smallest absolute Gasteiger partial charge is 0.361 e. The SMILES string of the molecule is CN(C)c1ncccc1NC(=O)Cc1ccc(C(F)(F)F)cc1. The van der Waals surface area contributed by atoms with Gasteiger partial charge in [0.2, 0.25) is 5.91 Å². The van der Waals surface area contributed by atoms with E-state index in [0.29, 0.717) is 17.1 Å². The fraction of sp³-hybridized carbons (Fsp3) is 0.250. The lowest BCUT2D eigenvalue weighted by molar-refractivity contribution is -0.137.